The van der Waals surface area contributed by atoms with Gasteiger partial charge < -0.3 is 15.2 Å². The first-order valence-corrected chi connectivity index (χ1v) is 8.25. The molecule has 1 atom stereocenters. The fourth-order valence-electron chi connectivity index (χ4n) is 2.35. The lowest BCUT2D eigenvalue weighted by molar-refractivity contribution is -0.143. The van der Waals surface area contributed by atoms with Gasteiger partial charge in [-0.3, -0.25) is 9.78 Å². The third kappa shape index (κ3) is 6.30. The maximum Gasteiger partial charge on any atom is 0.306 e. The van der Waals surface area contributed by atoms with Gasteiger partial charge in [0.05, 0.1) is 26.3 Å². The molecule has 2 rings (SSSR count). The molecule has 0 aliphatic carbocycles. The Morgan fingerprint density at radius 3 is 2.76 bits per heavy atom. The van der Waals surface area contributed by atoms with E-state index in [4.69, 9.17) is 15.2 Å². The molecule has 0 bridgehead atoms. The molecule has 5 heteroatoms. The molecular formula is C20H24N2O3. The van der Waals surface area contributed by atoms with Crippen molar-refractivity contribution in [3.05, 3.63) is 59.9 Å². The molecule has 0 aliphatic rings. The molecule has 1 aromatic heterocycles. The van der Waals surface area contributed by atoms with E-state index in [1.54, 1.807) is 19.5 Å². The fourth-order valence-corrected chi connectivity index (χ4v) is 2.35. The average molecular weight is 340 g/mol. The van der Waals surface area contributed by atoms with Crippen LogP contribution < -0.4 is 10.5 Å². The van der Waals surface area contributed by atoms with E-state index in [1.807, 2.05) is 49.4 Å². The minimum atomic E-state index is -0.194. The van der Waals surface area contributed by atoms with Crippen molar-refractivity contribution < 1.29 is 14.3 Å². The van der Waals surface area contributed by atoms with Crippen molar-refractivity contribution in [2.24, 2.45) is 0 Å². The molecule has 1 aromatic carbocycles. The van der Waals surface area contributed by atoms with Gasteiger partial charge in [0, 0.05) is 11.9 Å². The zero-order valence-corrected chi connectivity index (χ0v) is 14.6. The third-order valence-electron chi connectivity index (χ3n) is 3.81. The molecule has 132 valence electrons. The van der Waals surface area contributed by atoms with Crippen LogP contribution in [0.1, 0.15) is 36.8 Å². The van der Waals surface area contributed by atoms with E-state index in [9.17, 15) is 4.79 Å². The number of pyridine rings is 1. The second-order valence-corrected chi connectivity index (χ2v) is 5.84. The summed E-state index contributed by atoms with van der Waals surface area (Å²) in [6.45, 7) is 2.36. The van der Waals surface area contributed by atoms with Gasteiger partial charge in [-0.25, -0.2) is 0 Å². The summed E-state index contributed by atoms with van der Waals surface area (Å²) >= 11 is 0. The number of carbonyl (C=O) groups is 1. The number of ether oxygens (including phenoxy) is 2. The normalized spacial score (nSPS) is 12.1. The topological polar surface area (TPSA) is 74.4 Å². The van der Waals surface area contributed by atoms with Crippen molar-refractivity contribution in [3.8, 4) is 5.75 Å². The molecule has 0 saturated carbocycles. The monoisotopic (exact) mass is 340 g/mol. The van der Waals surface area contributed by atoms with Gasteiger partial charge in [0.2, 0.25) is 0 Å². The van der Waals surface area contributed by atoms with Crippen LogP contribution in [-0.2, 0) is 9.53 Å². The van der Waals surface area contributed by atoms with Crippen LogP contribution in [0.25, 0.3) is 6.08 Å². The predicted molar refractivity (Wildman–Crippen MR) is 99.3 cm³/mol. The first-order chi connectivity index (χ1) is 12.1. The molecule has 5 nitrogen and oxygen atoms in total. The highest BCUT2D eigenvalue weighted by atomic mass is 16.5. The number of esters is 1. The highest BCUT2D eigenvalue weighted by molar-refractivity contribution is 5.70. The molecule has 0 fully saturated rings. The van der Waals surface area contributed by atoms with Crippen LogP contribution in [0.15, 0.2) is 48.8 Å². The molecule has 1 heterocycles. The number of carbonyl (C=O) groups excluding carboxylic acids is 1. The van der Waals surface area contributed by atoms with Crippen molar-refractivity contribution in [1.29, 1.82) is 0 Å². The van der Waals surface area contributed by atoms with Crippen LogP contribution in [0, 0.1) is 0 Å². The number of hydrogen-bond donors (Lipinski definition) is 1. The van der Waals surface area contributed by atoms with Crippen LogP contribution in [0.4, 0.5) is 5.69 Å². The number of methoxy groups -OCH3 is 1. The Morgan fingerprint density at radius 1 is 1.28 bits per heavy atom. The molecule has 0 saturated heterocycles. The van der Waals surface area contributed by atoms with Crippen molar-refractivity contribution in [3.63, 3.8) is 0 Å². The van der Waals surface area contributed by atoms with E-state index in [0.717, 1.165) is 16.8 Å². The maximum absolute atomic E-state index is 11.9. The molecule has 0 radical (unpaired) electrons. The van der Waals surface area contributed by atoms with Crippen molar-refractivity contribution in [1.82, 2.24) is 4.98 Å². The highest BCUT2D eigenvalue weighted by Gasteiger charge is 2.12. The van der Waals surface area contributed by atoms with Gasteiger partial charge >= 0.3 is 5.97 Å². The highest BCUT2D eigenvalue weighted by Crippen LogP contribution is 2.20. The molecule has 2 aromatic rings. The Morgan fingerprint density at radius 2 is 2.04 bits per heavy atom. The van der Waals surface area contributed by atoms with Crippen molar-refractivity contribution >= 4 is 17.7 Å². The second-order valence-electron chi connectivity index (χ2n) is 5.84. The SMILES string of the molecule is COc1cncc(/C=C/CCOC(=O)CC(C)c2ccc(N)cc2)c1. The largest absolute Gasteiger partial charge is 0.495 e. The van der Waals surface area contributed by atoms with Crippen LogP contribution in [0.3, 0.4) is 0 Å². The number of nitrogens with two attached hydrogens (primary N) is 1. The Labute approximate surface area is 148 Å². The summed E-state index contributed by atoms with van der Waals surface area (Å²) in [4.78, 5) is 16.0. The lowest BCUT2D eigenvalue weighted by Gasteiger charge is -2.11. The molecule has 0 aliphatic heterocycles. The number of hydrogen-bond acceptors (Lipinski definition) is 5. The van der Waals surface area contributed by atoms with Crippen molar-refractivity contribution in [2.45, 2.75) is 25.7 Å². The van der Waals surface area contributed by atoms with Gasteiger partial charge in [-0.2, -0.15) is 0 Å². The van der Waals surface area contributed by atoms with E-state index in [2.05, 4.69) is 4.98 Å². The summed E-state index contributed by atoms with van der Waals surface area (Å²) in [7, 11) is 1.61. The Hall–Kier alpha value is -2.82. The predicted octanol–water partition coefficient (Wildman–Crippen LogP) is 3.81. The number of nitrogens with zero attached hydrogens (tertiary/aromatic N) is 1. The fraction of sp³-hybridized carbons (Fsp3) is 0.300. The number of anilines is 1. The van der Waals surface area contributed by atoms with Gasteiger partial charge in [0.1, 0.15) is 5.75 Å². The van der Waals surface area contributed by atoms with Gasteiger partial charge in [-0.15, -0.1) is 0 Å². The second kappa shape index (κ2) is 9.47. The molecule has 1 unspecified atom stereocenters. The Bertz CT molecular complexity index is 711. The number of benzene rings is 1. The summed E-state index contributed by atoms with van der Waals surface area (Å²) < 4.78 is 10.4. The van der Waals surface area contributed by atoms with E-state index >= 15 is 0 Å². The first-order valence-electron chi connectivity index (χ1n) is 8.25. The molecule has 0 spiro atoms. The van der Waals surface area contributed by atoms with Crippen LogP contribution in [0.5, 0.6) is 5.75 Å². The van der Waals surface area contributed by atoms with Crippen LogP contribution in [-0.4, -0.2) is 24.7 Å². The summed E-state index contributed by atoms with van der Waals surface area (Å²) in [6, 6.07) is 9.46. The van der Waals surface area contributed by atoms with Crippen LogP contribution >= 0.6 is 0 Å². The summed E-state index contributed by atoms with van der Waals surface area (Å²) in [5.74, 6) is 0.623. The quantitative estimate of drug-likeness (QED) is 0.449. The van der Waals surface area contributed by atoms with Gasteiger partial charge in [0.15, 0.2) is 0 Å². The molecule has 0 amide bonds. The van der Waals surface area contributed by atoms with Gasteiger partial charge in [0.25, 0.3) is 0 Å². The number of rotatable bonds is 8. The molecule has 2 N–H and O–H groups in total. The van der Waals surface area contributed by atoms with Gasteiger partial charge in [-0.05, 0) is 41.7 Å². The standard InChI is InChI=1S/C20H24N2O3/c1-15(17-6-8-18(21)9-7-17)11-20(23)25-10-4-3-5-16-12-19(24-2)14-22-13-16/h3,5-9,12-15H,4,10-11,21H2,1-2H3/b5-3+. The maximum atomic E-state index is 11.9. The summed E-state index contributed by atoms with van der Waals surface area (Å²) in [6.07, 6.45) is 8.29. The molecule has 25 heavy (non-hydrogen) atoms. The van der Waals surface area contributed by atoms with Crippen LogP contribution in [0.2, 0.25) is 0 Å². The average Bonchev–Trinajstić information content (AvgIpc) is 2.62. The first kappa shape index (κ1) is 18.5. The Kier molecular flexibility index (Phi) is 7.01. The van der Waals surface area contributed by atoms with E-state index in [-0.39, 0.29) is 11.9 Å². The van der Waals surface area contributed by atoms with E-state index in [0.29, 0.717) is 25.2 Å². The lowest BCUT2D eigenvalue weighted by atomic mass is 9.98. The summed E-state index contributed by atoms with van der Waals surface area (Å²) in [5.41, 5.74) is 8.42. The lowest BCUT2D eigenvalue weighted by Crippen LogP contribution is -2.09. The van der Waals surface area contributed by atoms with E-state index in [1.165, 1.54) is 0 Å². The zero-order valence-electron chi connectivity index (χ0n) is 14.6. The van der Waals surface area contributed by atoms with Crippen molar-refractivity contribution in [2.75, 3.05) is 19.5 Å². The zero-order chi connectivity index (χ0) is 18.1. The third-order valence-corrected chi connectivity index (χ3v) is 3.81. The van der Waals surface area contributed by atoms with E-state index < -0.39 is 0 Å². The minimum Gasteiger partial charge on any atom is -0.495 e. The minimum absolute atomic E-state index is 0.103. The Balaban J connectivity index is 1.71. The molecular weight excluding hydrogens is 316 g/mol. The smallest absolute Gasteiger partial charge is 0.306 e. The van der Waals surface area contributed by atoms with Gasteiger partial charge in [-0.1, -0.05) is 31.2 Å². The summed E-state index contributed by atoms with van der Waals surface area (Å²) in [5, 5.41) is 0. The number of nitrogen functional groups attached to an aromatic ring is 1. The number of aromatic nitrogens is 1.